The van der Waals surface area contributed by atoms with Crippen molar-refractivity contribution in [2.24, 2.45) is 5.41 Å². The highest BCUT2D eigenvalue weighted by Gasteiger charge is 2.40. The highest BCUT2D eigenvalue weighted by Crippen LogP contribution is 2.50. The van der Waals surface area contributed by atoms with Crippen molar-refractivity contribution in [3.63, 3.8) is 0 Å². The third-order valence-electron chi connectivity index (χ3n) is 4.03. The van der Waals surface area contributed by atoms with E-state index in [2.05, 4.69) is 36.8 Å². The molecule has 0 aromatic carbocycles. The average molecular weight is 223 g/mol. The molecule has 0 spiro atoms. The predicted octanol–water partition coefficient (Wildman–Crippen LogP) is 3.98. The Labute approximate surface area is 96.9 Å². The van der Waals surface area contributed by atoms with Crippen LogP contribution in [0.2, 0.25) is 0 Å². The second-order valence-electron chi connectivity index (χ2n) is 4.66. The van der Waals surface area contributed by atoms with Crippen molar-refractivity contribution >= 4 is 11.3 Å². The van der Waals surface area contributed by atoms with Gasteiger partial charge in [-0.2, -0.15) is 0 Å². The second-order valence-corrected chi connectivity index (χ2v) is 5.64. The lowest BCUT2D eigenvalue weighted by atomic mass is 9.75. The lowest BCUT2D eigenvalue weighted by Gasteiger charge is -2.36. The third-order valence-corrected chi connectivity index (χ3v) is 4.97. The molecule has 1 saturated carbocycles. The molecule has 0 amide bonds. The molecule has 15 heavy (non-hydrogen) atoms. The summed E-state index contributed by atoms with van der Waals surface area (Å²) in [5.41, 5.74) is 0.527. The first-order valence-corrected chi connectivity index (χ1v) is 6.91. The van der Waals surface area contributed by atoms with Crippen molar-refractivity contribution in [2.75, 3.05) is 7.05 Å². The topological polar surface area (TPSA) is 12.0 Å². The molecular formula is C13H21NS. The smallest absolute Gasteiger partial charge is 0.0469 e. The SMILES string of the molecule is CCC1(C(NC)c2cccs2)CCCC1. The fraction of sp³-hybridized carbons (Fsp3) is 0.692. The number of thiophene rings is 1. The van der Waals surface area contributed by atoms with Crippen molar-refractivity contribution in [1.29, 1.82) is 0 Å². The fourth-order valence-electron chi connectivity index (χ4n) is 3.13. The normalized spacial score (nSPS) is 21.7. The van der Waals surface area contributed by atoms with Crippen LogP contribution in [-0.4, -0.2) is 7.05 Å². The lowest BCUT2D eigenvalue weighted by molar-refractivity contribution is 0.198. The summed E-state index contributed by atoms with van der Waals surface area (Å²) in [6.45, 7) is 2.35. The predicted molar refractivity (Wildman–Crippen MR) is 67.3 cm³/mol. The molecule has 1 atom stereocenters. The molecule has 1 aliphatic carbocycles. The number of nitrogens with one attached hydrogen (secondary N) is 1. The summed E-state index contributed by atoms with van der Waals surface area (Å²) < 4.78 is 0. The van der Waals surface area contributed by atoms with Gasteiger partial charge in [-0.3, -0.25) is 0 Å². The molecule has 1 aromatic heterocycles. The van der Waals surface area contributed by atoms with Crippen molar-refractivity contribution in [3.8, 4) is 0 Å². The van der Waals surface area contributed by atoms with Crippen LogP contribution in [0.25, 0.3) is 0 Å². The Morgan fingerprint density at radius 1 is 1.47 bits per heavy atom. The van der Waals surface area contributed by atoms with Crippen LogP contribution in [0, 0.1) is 5.41 Å². The standard InChI is InChI=1S/C13H21NS/c1-3-13(8-4-5-9-13)12(14-2)11-7-6-10-15-11/h6-7,10,12,14H,3-5,8-9H2,1-2H3. The molecule has 2 rings (SSSR count). The Hall–Kier alpha value is -0.340. The van der Waals surface area contributed by atoms with Gasteiger partial charge in [0, 0.05) is 10.9 Å². The monoisotopic (exact) mass is 223 g/mol. The third kappa shape index (κ3) is 1.98. The first-order chi connectivity index (χ1) is 7.32. The maximum Gasteiger partial charge on any atom is 0.0469 e. The van der Waals surface area contributed by atoms with Gasteiger partial charge in [0.05, 0.1) is 0 Å². The zero-order valence-corrected chi connectivity index (χ0v) is 10.6. The van der Waals surface area contributed by atoms with Crippen LogP contribution in [0.15, 0.2) is 17.5 Å². The van der Waals surface area contributed by atoms with Gasteiger partial charge in [-0.1, -0.05) is 25.8 Å². The van der Waals surface area contributed by atoms with E-state index >= 15 is 0 Å². The van der Waals surface area contributed by atoms with Gasteiger partial charge < -0.3 is 5.32 Å². The molecule has 0 bridgehead atoms. The van der Waals surface area contributed by atoms with Gasteiger partial charge in [-0.25, -0.2) is 0 Å². The largest absolute Gasteiger partial charge is 0.312 e. The highest BCUT2D eigenvalue weighted by molar-refractivity contribution is 7.10. The van der Waals surface area contributed by atoms with E-state index in [1.807, 2.05) is 11.3 Å². The zero-order valence-electron chi connectivity index (χ0n) is 9.75. The maximum atomic E-state index is 3.55. The lowest BCUT2D eigenvalue weighted by Crippen LogP contribution is -2.33. The van der Waals surface area contributed by atoms with E-state index in [0.717, 1.165) is 0 Å². The Morgan fingerprint density at radius 2 is 2.20 bits per heavy atom. The van der Waals surface area contributed by atoms with Gasteiger partial charge in [-0.05, 0) is 43.2 Å². The van der Waals surface area contributed by atoms with E-state index in [4.69, 9.17) is 0 Å². The summed E-state index contributed by atoms with van der Waals surface area (Å²) in [6.07, 6.45) is 6.92. The zero-order chi connectivity index (χ0) is 10.7. The van der Waals surface area contributed by atoms with Crippen LogP contribution in [-0.2, 0) is 0 Å². The van der Waals surface area contributed by atoms with Crippen LogP contribution in [0.3, 0.4) is 0 Å². The Morgan fingerprint density at radius 3 is 2.67 bits per heavy atom. The van der Waals surface area contributed by atoms with Crippen LogP contribution >= 0.6 is 11.3 Å². The van der Waals surface area contributed by atoms with Crippen molar-refractivity contribution in [2.45, 2.75) is 45.1 Å². The van der Waals surface area contributed by atoms with Crippen LogP contribution in [0.4, 0.5) is 0 Å². The van der Waals surface area contributed by atoms with E-state index in [0.29, 0.717) is 11.5 Å². The number of hydrogen-bond donors (Lipinski definition) is 1. The van der Waals surface area contributed by atoms with Gasteiger partial charge >= 0.3 is 0 Å². The van der Waals surface area contributed by atoms with Crippen LogP contribution in [0.1, 0.15) is 49.9 Å². The van der Waals surface area contributed by atoms with Crippen molar-refractivity contribution in [1.82, 2.24) is 5.32 Å². The molecule has 0 saturated heterocycles. The Balaban J connectivity index is 2.24. The molecule has 2 heteroatoms. The van der Waals surface area contributed by atoms with Crippen molar-refractivity contribution in [3.05, 3.63) is 22.4 Å². The second kappa shape index (κ2) is 4.67. The van der Waals surface area contributed by atoms with E-state index in [-0.39, 0.29) is 0 Å². The molecule has 1 unspecified atom stereocenters. The first-order valence-electron chi connectivity index (χ1n) is 6.03. The van der Waals surface area contributed by atoms with E-state index in [1.165, 1.54) is 37.0 Å². The molecule has 0 radical (unpaired) electrons. The summed E-state index contributed by atoms with van der Waals surface area (Å²) in [6, 6.07) is 5.02. The van der Waals surface area contributed by atoms with Crippen molar-refractivity contribution < 1.29 is 0 Å². The quantitative estimate of drug-likeness (QED) is 0.814. The summed E-state index contributed by atoms with van der Waals surface area (Å²) in [5, 5.41) is 5.74. The average Bonchev–Trinajstić information content (AvgIpc) is 2.90. The van der Waals surface area contributed by atoms with Gasteiger partial charge in [0.15, 0.2) is 0 Å². The highest BCUT2D eigenvalue weighted by atomic mass is 32.1. The van der Waals surface area contributed by atoms with Crippen LogP contribution < -0.4 is 5.32 Å². The minimum Gasteiger partial charge on any atom is -0.312 e. The summed E-state index contributed by atoms with van der Waals surface area (Å²) in [4.78, 5) is 1.52. The van der Waals surface area contributed by atoms with E-state index < -0.39 is 0 Å². The van der Waals surface area contributed by atoms with E-state index in [9.17, 15) is 0 Å². The van der Waals surface area contributed by atoms with Gasteiger partial charge in [-0.15, -0.1) is 11.3 Å². The summed E-state index contributed by atoms with van der Waals surface area (Å²) in [5.74, 6) is 0. The minimum absolute atomic E-state index is 0.527. The molecule has 1 aromatic rings. The van der Waals surface area contributed by atoms with E-state index in [1.54, 1.807) is 0 Å². The summed E-state index contributed by atoms with van der Waals surface area (Å²) in [7, 11) is 2.11. The van der Waals surface area contributed by atoms with Gasteiger partial charge in [0.1, 0.15) is 0 Å². The van der Waals surface area contributed by atoms with Gasteiger partial charge in [0.25, 0.3) is 0 Å². The minimum atomic E-state index is 0.527. The molecule has 0 aliphatic heterocycles. The molecule has 1 fully saturated rings. The first kappa shape index (κ1) is 11.2. The molecule has 1 heterocycles. The Kier molecular flexibility index (Phi) is 3.47. The maximum absolute atomic E-state index is 3.55. The molecule has 1 nitrogen and oxygen atoms in total. The fourth-order valence-corrected chi connectivity index (χ4v) is 4.11. The molecule has 1 N–H and O–H groups in total. The van der Waals surface area contributed by atoms with Crippen LogP contribution in [0.5, 0.6) is 0 Å². The molecule has 84 valence electrons. The Bertz CT molecular complexity index is 285. The number of rotatable bonds is 4. The van der Waals surface area contributed by atoms with Gasteiger partial charge in [0.2, 0.25) is 0 Å². The molecular weight excluding hydrogens is 202 g/mol. The number of hydrogen-bond acceptors (Lipinski definition) is 2. The molecule has 1 aliphatic rings. The summed E-state index contributed by atoms with van der Waals surface area (Å²) >= 11 is 1.89.